The Morgan fingerprint density at radius 1 is 1.22 bits per heavy atom. The van der Waals surface area contributed by atoms with Crippen molar-refractivity contribution in [3.63, 3.8) is 0 Å². The molecule has 0 atom stereocenters. The second-order valence-corrected chi connectivity index (χ2v) is 5.62. The van der Waals surface area contributed by atoms with Crippen molar-refractivity contribution >= 4 is 35.1 Å². The number of nitrogens with zero attached hydrogens (tertiary/aromatic N) is 2. The van der Waals surface area contributed by atoms with E-state index in [0.717, 1.165) is 0 Å². The molecule has 9 heteroatoms. The van der Waals surface area contributed by atoms with Crippen LogP contribution in [0.5, 0.6) is 5.75 Å². The minimum absolute atomic E-state index is 0.0392. The van der Waals surface area contributed by atoms with Gasteiger partial charge in [0.1, 0.15) is 5.75 Å². The Labute approximate surface area is 145 Å². The van der Waals surface area contributed by atoms with Gasteiger partial charge in [0.05, 0.1) is 23.3 Å². The average Bonchev–Trinajstić information content (AvgIpc) is 2.45. The molecule has 0 radical (unpaired) electrons. The van der Waals surface area contributed by atoms with Crippen LogP contribution in [0.3, 0.4) is 0 Å². The van der Waals surface area contributed by atoms with Crippen molar-refractivity contribution in [2.45, 2.75) is 26.3 Å². The number of nitrogens with two attached hydrogens (primary N) is 2. The molecule has 0 aliphatic heterocycles. The van der Waals surface area contributed by atoms with Crippen LogP contribution in [0.1, 0.15) is 20.3 Å². The summed E-state index contributed by atoms with van der Waals surface area (Å²) in [5.74, 6) is 0.778. The van der Waals surface area contributed by atoms with Crippen molar-refractivity contribution in [2.24, 2.45) is 21.5 Å². The highest BCUT2D eigenvalue weighted by molar-refractivity contribution is 6.42. The number of hydrogen-bond acceptors (Lipinski definition) is 3. The molecule has 0 amide bonds. The van der Waals surface area contributed by atoms with E-state index in [1.807, 2.05) is 13.8 Å². The van der Waals surface area contributed by atoms with E-state index in [9.17, 15) is 0 Å². The third kappa shape index (κ3) is 8.49. The Hall–Kier alpha value is -1.70. The average molecular weight is 362 g/mol. The number of ether oxygens (including phenoxy) is 1. The van der Waals surface area contributed by atoms with E-state index in [2.05, 4.69) is 15.5 Å². The fourth-order valence-electron chi connectivity index (χ4n) is 1.45. The fraction of sp³-hybridized carbons (Fsp3) is 0.429. The molecule has 0 heterocycles. The van der Waals surface area contributed by atoms with Crippen molar-refractivity contribution in [1.29, 1.82) is 0 Å². The van der Waals surface area contributed by atoms with Crippen LogP contribution in [0.15, 0.2) is 28.2 Å². The molecule has 23 heavy (non-hydrogen) atoms. The lowest BCUT2D eigenvalue weighted by atomic mass is 10.3. The number of hydrogen-bond donors (Lipinski definition) is 3. The standard InChI is InChI=1S/C14H21Cl2N5O2/c1-9(2)19-13(17)20-14(18)21-23-7-3-6-22-10-4-5-11(15)12(16)8-10/h4-5,8-9H,3,6-7H2,1-2H3,(H5,17,18,19,20,21). The molecule has 7 nitrogen and oxygen atoms in total. The summed E-state index contributed by atoms with van der Waals surface area (Å²) in [4.78, 5) is 13.0. The van der Waals surface area contributed by atoms with Crippen LogP contribution in [0.4, 0.5) is 0 Å². The van der Waals surface area contributed by atoms with Crippen LogP contribution in [-0.4, -0.2) is 31.2 Å². The lowest BCUT2D eigenvalue weighted by Crippen LogP contribution is -2.34. The van der Waals surface area contributed by atoms with Crippen molar-refractivity contribution in [3.8, 4) is 5.75 Å². The van der Waals surface area contributed by atoms with Crippen LogP contribution in [0.25, 0.3) is 0 Å². The Balaban J connectivity index is 2.20. The fourth-order valence-corrected chi connectivity index (χ4v) is 1.74. The van der Waals surface area contributed by atoms with Crippen LogP contribution < -0.4 is 21.7 Å². The van der Waals surface area contributed by atoms with E-state index >= 15 is 0 Å². The van der Waals surface area contributed by atoms with Crippen LogP contribution in [0, 0.1) is 0 Å². The minimum Gasteiger partial charge on any atom is -0.493 e. The van der Waals surface area contributed by atoms with Crippen molar-refractivity contribution < 1.29 is 9.57 Å². The summed E-state index contributed by atoms with van der Waals surface area (Å²) < 4.78 is 5.51. The molecule has 0 fully saturated rings. The maximum absolute atomic E-state index is 5.89. The molecule has 128 valence electrons. The first-order chi connectivity index (χ1) is 10.9. The van der Waals surface area contributed by atoms with Gasteiger partial charge in [-0.25, -0.2) is 10.5 Å². The van der Waals surface area contributed by atoms with Gasteiger partial charge in [-0.15, -0.1) is 0 Å². The molecule has 0 bridgehead atoms. The van der Waals surface area contributed by atoms with E-state index < -0.39 is 0 Å². The zero-order chi connectivity index (χ0) is 17.2. The summed E-state index contributed by atoms with van der Waals surface area (Å²) in [6.07, 6.45) is 0.635. The van der Waals surface area contributed by atoms with Crippen molar-refractivity contribution in [3.05, 3.63) is 28.2 Å². The first-order valence-electron chi connectivity index (χ1n) is 7.01. The molecule has 0 aliphatic carbocycles. The zero-order valence-corrected chi connectivity index (χ0v) is 14.6. The highest BCUT2D eigenvalue weighted by atomic mass is 35.5. The van der Waals surface area contributed by atoms with Crippen LogP contribution in [0.2, 0.25) is 10.0 Å². The van der Waals surface area contributed by atoms with E-state index in [-0.39, 0.29) is 18.0 Å². The largest absolute Gasteiger partial charge is 0.493 e. The summed E-state index contributed by atoms with van der Waals surface area (Å²) in [7, 11) is 0. The van der Waals surface area contributed by atoms with Gasteiger partial charge in [-0.1, -0.05) is 23.2 Å². The van der Waals surface area contributed by atoms with Crippen molar-refractivity contribution in [1.82, 2.24) is 5.48 Å². The molecule has 1 aromatic carbocycles. The summed E-state index contributed by atoms with van der Waals surface area (Å²) in [5.41, 5.74) is 13.6. The molecule has 0 spiro atoms. The molecule has 1 rings (SSSR count). The topological polar surface area (TPSA) is 107 Å². The summed E-state index contributed by atoms with van der Waals surface area (Å²) >= 11 is 11.7. The van der Waals surface area contributed by atoms with E-state index in [0.29, 0.717) is 35.4 Å². The lowest BCUT2D eigenvalue weighted by Gasteiger charge is -2.08. The van der Waals surface area contributed by atoms with Crippen LogP contribution in [-0.2, 0) is 4.84 Å². The maximum atomic E-state index is 5.89. The van der Waals surface area contributed by atoms with E-state index in [1.54, 1.807) is 18.2 Å². The predicted molar refractivity (Wildman–Crippen MR) is 94.0 cm³/mol. The van der Waals surface area contributed by atoms with Crippen LogP contribution >= 0.6 is 23.2 Å². The Bertz CT molecular complexity index is 564. The molecule has 0 unspecified atom stereocenters. The summed E-state index contributed by atoms with van der Waals surface area (Å²) in [6, 6.07) is 5.13. The number of aliphatic imine (C=N–C) groups is 2. The normalized spacial score (nSPS) is 12.6. The second-order valence-electron chi connectivity index (χ2n) is 4.81. The van der Waals surface area contributed by atoms with Gasteiger partial charge < -0.3 is 16.2 Å². The predicted octanol–water partition coefficient (Wildman–Crippen LogP) is 2.32. The Kier molecular flexibility index (Phi) is 8.53. The number of nitrogens with one attached hydrogen (secondary N) is 1. The molecular formula is C14H21Cl2N5O2. The highest BCUT2D eigenvalue weighted by Gasteiger charge is 2.00. The number of halogens is 2. The molecule has 1 aromatic rings. The van der Waals surface area contributed by atoms with E-state index in [1.165, 1.54) is 0 Å². The molecule has 5 N–H and O–H groups in total. The Morgan fingerprint density at radius 2 is 1.96 bits per heavy atom. The molecule has 0 saturated heterocycles. The molecule has 0 aliphatic rings. The SMILES string of the molecule is CC(C)N=C(N)/N=C(\N)NOCCCOc1ccc(Cl)c(Cl)c1. The number of guanidine groups is 2. The van der Waals surface area contributed by atoms with Gasteiger partial charge in [0.2, 0.25) is 11.9 Å². The monoisotopic (exact) mass is 361 g/mol. The van der Waals surface area contributed by atoms with Gasteiger partial charge in [-0.05, 0) is 26.0 Å². The van der Waals surface area contributed by atoms with Gasteiger partial charge >= 0.3 is 0 Å². The van der Waals surface area contributed by atoms with Gasteiger partial charge in [-0.3, -0.25) is 4.84 Å². The third-order valence-electron chi connectivity index (χ3n) is 2.35. The van der Waals surface area contributed by atoms with Gasteiger partial charge in [0, 0.05) is 18.5 Å². The molecule has 0 saturated carbocycles. The van der Waals surface area contributed by atoms with Gasteiger partial charge in [-0.2, -0.15) is 4.99 Å². The first-order valence-corrected chi connectivity index (χ1v) is 7.77. The van der Waals surface area contributed by atoms with Crippen molar-refractivity contribution in [2.75, 3.05) is 13.2 Å². The van der Waals surface area contributed by atoms with Gasteiger partial charge in [0.15, 0.2) is 0 Å². The number of benzene rings is 1. The molecule has 0 aromatic heterocycles. The summed E-state index contributed by atoms with van der Waals surface area (Å²) in [5, 5.41) is 0.938. The maximum Gasteiger partial charge on any atom is 0.221 e. The molecular weight excluding hydrogens is 341 g/mol. The zero-order valence-electron chi connectivity index (χ0n) is 13.1. The lowest BCUT2D eigenvalue weighted by molar-refractivity contribution is 0.0739. The highest BCUT2D eigenvalue weighted by Crippen LogP contribution is 2.26. The Morgan fingerprint density at radius 3 is 2.61 bits per heavy atom. The third-order valence-corrected chi connectivity index (χ3v) is 3.09. The quantitative estimate of drug-likeness (QED) is 0.299. The van der Waals surface area contributed by atoms with Gasteiger partial charge in [0.25, 0.3) is 0 Å². The van der Waals surface area contributed by atoms with E-state index in [4.69, 9.17) is 44.2 Å². The minimum atomic E-state index is 0.0392. The smallest absolute Gasteiger partial charge is 0.221 e. The summed E-state index contributed by atoms with van der Waals surface area (Å²) in [6.45, 7) is 4.60. The second kappa shape index (κ2) is 10.1. The number of rotatable bonds is 7. The first kappa shape index (κ1) is 19.3. The number of hydroxylamine groups is 1.